The average molecular weight is 427 g/mol. The molecule has 7 heteroatoms. The molecule has 2 rings (SSSR count). The number of nitrogens with one attached hydrogen (secondary N) is 2. The zero-order chi connectivity index (χ0) is 22.8. The van der Waals surface area contributed by atoms with E-state index in [1.54, 1.807) is 13.8 Å². The summed E-state index contributed by atoms with van der Waals surface area (Å²) in [5, 5.41) is 5.31. The van der Waals surface area contributed by atoms with Gasteiger partial charge in [-0.1, -0.05) is 74.0 Å². The quantitative estimate of drug-likeness (QED) is 0.601. The zero-order valence-electron chi connectivity index (χ0n) is 18.4. The first-order valence-corrected chi connectivity index (χ1v) is 10.2. The summed E-state index contributed by atoms with van der Waals surface area (Å²) < 4.78 is 10.1. The lowest BCUT2D eigenvalue weighted by Gasteiger charge is -2.24. The summed E-state index contributed by atoms with van der Waals surface area (Å²) in [6.45, 7) is 5.65. The molecule has 0 aliphatic carbocycles. The number of aryl methyl sites for hydroxylation is 1. The third kappa shape index (κ3) is 7.77. The molecule has 31 heavy (non-hydrogen) atoms. The number of carbonyl (C=O) groups excluding carboxylic acids is 3. The Morgan fingerprint density at radius 2 is 1.61 bits per heavy atom. The molecular formula is C24H30N2O5. The van der Waals surface area contributed by atoms with Crippen molar-refractivity contribution in [3.8, 4) is 0 Å². The van der Waals surface area contributed by atoms with Crippen LogP contribution in [0.5, 0.6) is 0 Å². The first-order chi connectivity index (χ1) is 14.8. The number of alkyl carbamates (subject to hydrolysis) is 1. The monoisotopic (exact) mass is 426 g/mol. The van der Waals surface area contributed by atoms with Gasteiger partial charge >= 0.3 is 12.1 Å². The fraction of sp³-hybridized carbons (Fsp3) is 0.375. The van der Waals surface area contributed by atoms with Crippen molar-refractivity contribution in [2.24, 2.45) is 5.92 Å². The number of hydrogen-bond donors (Lipinski definition) is 2. The molecule has 0 spiro atoms. The van der Waals surface area contributed by atoms with Gasteiger partial charge in [-0.2, -0.15) is 0 Å². The van der Waals surface area contributed by atoms with Crippen molar-refractivity contribution >= 4 is 18.0 Å². The Morgan fingerprint density at radius 1 is 0.935 bits per heavy atom. The van der Waals surface area contributed by atoms with E-state index in [1.807, 2.05) is 61.5 Å². The van der Waals surface area contributed by atoms with Gasteiger partial charge < -0.3 is 20.1 Å². The highest BCUT2D eigenvalue weighted by Crippen LogP contribution is 2.10. The normalized spacial score (nSPS) is 12.5. The van der Waals surface area contributed by atoms with Crippen molar-refractivity contribution in [3.05, 3.63) is 71.3 Å². The molecule has 0 aliphatic rings. The molecule has 166 valence electrons. The van der Waals surface area contributed by atoms with Crippen LogP contribution in [0, 0.1) is 12.8 Å². The molecule has 0 bridgehead atoms. The molecule has 0 radical (unpaired) electrons. The molecule has 2 amide bonds. The fourth-order valence-electron chi connectivity index (χ4n) is 3.10. The Kier molecular flexibility index (Phi) is 9.06. The van der Waals surface area contributed by atoms with Gasteiger partial charge in [0.1, 0.15) is 18.7 Å². The topological polar surface area (TPSA) is 93.7 Å². The summed E-state index contributed by atoms with van der Waals surface area (Å²) in [7, 11) is 1.27. The van der Waals surface area contributed by atoms with Crippen LogP contribution in [-0.4, -0.2) is 37.2 Å². The van der Waals surface area contributed by atoms with E-state index in [4.69, 9.17) is 9.47 Å². The van der Waals surface area contributed by atoms with E-state index >= 15 is 0 Å². The van der Waals surface area contributed by atoms with E-state index in [-0.39, 0.29) is 18.9 Å². The van der Waals surface area contributed by atoms with E-state index in [9.17, 15) is 14.4 Å². The molecule has 0 saturated carbocycles. The second-order valence-corrected chi connectivity index (χ2v) is 7.71. The second kappa shape index (κ2) is 11.7. The van der Waals surface area contributed by atoms with Gasteiger partial charge in [0.25, 0.3) is 0 Å². The molecule has 0 aromatic heterocycles. The SMILES string of the molecule is COC(=O)[C@H](Cc1cccc(C)c1)NC(=O)[C@@H](NC(=O)OCc1ccccc1)C(C)C. The molecule has 0 unspecified atom stereocenters. The summed E-state index contributed by atoms with van der Waals surface area (Å²) in [4.78, 5) is 37.4. The predicted molar refractivity (Wildman–Crippen MR) is 117 cm³/mol. The highest BCUT2D eigenvalue weighted by molar-refractivity contribution is 5.90. The van der Waals surface area contributed by atoms with E-state index in [2.05, 4.69) is 10.6 Å². The van der Waals surface area contributed by atoms with E-state index in [0.717, 1.165) is 16.7 Å². The Morgan fingerprint density at radius 3 is 2.23 bits per heavy atom. The molecule has 7 nitrogen and oxygen atoms in total. The highest BCUT2D eigenvalue weighted by atomic mass is 16.5. The molecule has 2 N–H and O–H groups in total. The molecular weight excluding hydrogens is 396 g/mol. The third-order valence-electron chi connectivity index (χ3n) is 4.76. The second-order valence-electron chi connectivity index (χ2n) is 7.71. The van der Waals surface area contributed by atoms with Crippen molar-refractivity contribution in [2.75, 3.05) is 7.11 Å². The summed E-state index contributed by atoms with van der Waals surface area (Å²) in [6, 6.07) is 15.2. The van der Waals surface area contributed by atoms with Crippen LogP contribution in [0.1, 0.15) is 30.5 Å². The van der Waals surface area contributed by atoms with Crippen LogP contribution in [0.25, 0.3) is 0 Å². The van der Waals surface area contributed by atoms with Crippen molar-refractivity contribution in [1.82, 2.24) is 10.6 Å². The van der Waals surface area contributed by atoms with Gasteiger partial charge in [0.15, 0.2) is 0 Å². The van der Waals surface area contributed by atoms with Crippen LogP contribution in [0.3, 0.4) is 0 Å². The first kappa shape index (κ1) is 23.9. The van der Waals surface area contributed by atoms with Gasteiger partial charge in [-0.3, -0.25) is 4.79 Å². The maximum atomic E-state index is 12.9. The number of ether oxygens (including phenoxy) is 2. The van der Waals surface area contributed by atoms with Crippen molar-refractivity contribution in [3.63, 3.8) is 0 Å². The van der Waals surface area contributed by atoms with Crippen LogP contribution in [0.15, 0.2) is 54.6 Å². The number of amides is 2. The van der Waals surface area contributed by atoms with Crippen molar-refractivity contribution < 1.29 is 23.9 Å². The summed E-state index contributed by atoms with van der Waals surface area (Å²) >= 11 is 0. The number of benzene rings is 2. The zero-order valence-corrected chi connectivity index (χ0v) is 18.4. The molecule has 2 aromatic carbocycles. The summed E-state index contributed by atoms with van der Waals surface area (Å²) in [5.74, 6) is -1.25. The van der Waals surface area contributed by atoms with Crippen LogP contribution in [0.4, 0.5) is 4.79 Å². The number of carbonyl (C=O) groups is 3. The standard InChI is InChI=1S/C24H30N2O5/c1-16(2)21(26-24(29)31-15-18-10-6-5-7-11-18)22(27)25-20(23(28)30-4)14-19-12-8-9-17(3)13-19/h5-13,16,20-21H,14-15H2,1-4H3,(H,25,27)(H,26,29)/t20-,21-/m0/s1. The number of esters is 1. The Hall–Kier alpha value is -3.35. The maximum Gasteiger partial charge on any atom is 0.408 e. The summed E-state index contributed by atoms with van der Waals surface area (Å²) in [6.07, 6.45) is -0.422. The largest absolute Gasteiger partial charge is 0.467 e. The molecule has 0 aliphatic heterocycles. The number of rotatable bonds is 9. The van der Waals surface area contributed by atoms with E-state index < -0.39 is 30.1 Å². The minimum absolute atomic E-state index is 0.0945. The predicted octanol–water partition coefficient (Wildman–Crippen LogP) is 3.15. The molecule has 0 heterocycles. The van der Waals surface area contributed by atoms with E-state index in [0.29, 0.717) is 0 Å². The Bertz CT molecular complexity index is 883. The Labute approximate surface area is 183 Å². The smallest absolute Gasteiger partial charge is 0.408 e. The molecule has 2 atom stereocenters. The number of methoxy groups -OCH3 is 1. The molecule has 0 fully saturated rings. The fourth-order valence-corrected chi connectivity index (χ4v) is 3.10. The van der Waals surface area contributed by atoms with Crippen LogP contribution in [0.2, 0.25) is 0 Å². The van der Waals surface area contributed by atoms with Crippen molar-refractivity contribution in [2.45, 2.75) is 45.9 Å². The van der Waals surface area contributed by atoms with Crippen LogP contribution < -0.4 is 10.6 Å². The lowest BCUT2D eigenvalue weighted by atomic mass is 10.0. The maximum absolute atomic E-state index is 12.9. The molecule has 2 aromatic rings. The van der Waals surface area contributed by atoms with Gasteiger partial charge in [0.05, 0.1) is 7.11 Å². The minimum Gasteiger partial charge on any atom is -0.467 e. The van der Waals surface area contributed by atoms with Gasteiger partial charge in [0, 0.05) is 6.42 Å². The van der Waals surface area contributed by atoms with Gasteiger partial charge in [-0.25, -0.2) is 9.59 Å². The third-order valence-corrected chi connectivity index (χ3v) is 4.76. The lowest BCUT2D eigenvalue weighted by molar-refractivity contribution is -0.145. The van der Waals surface area contributed by atoms with Crippen molar-refractivity contribution in [1.29, 1.82) is 0 Å². The minimum atomic E-state index is -0.873. The lowest BCUT2D eigenvalue weighted by Crippen LogP contribution is -2.54. The van der Waals surface area contributed by atoms with Gasteiger partial charge in [-0.15, -0.1) is 0 Å². The highest BCUT2D eigenvalue weighted by Gasteiger charge is 2.29. The Balaban J connectivity index is 2.02. The summed E-state index contributed by atoms with van der Waals surface area (Å²) in [5.41, 5.74) is 2.79. The van der Waals surface area contributed by atoms with Gasteiger partial charge in [-0.05, 0) is 24.0 Å². The average Bonchev–Trinajstić information content (AvgIpc) is 2.75. The van der Waals surface area contributed by atoms with Crippen LogP contribution in [-0.2, 0) is 32.1 Å². The van der Waals surface area contributed by atoms with Crippen LogP contribution >= 0.6 is 0 Å². The van der Waals surface area contributed by atoms with Gasteiger partial charge in [0.2, 0.25) is 5.91 Å². The first-order valence-electron chi connectivity index (χ1n) is 10.2. The van der Waals surface area contributed by atoms with E-state index in [1.165, 1.54) is 7.11 Å². The molecule has 0 saturated heterocycles. The number of hydrogen-bond acceptors (Lipinski definition) is 5.